The molecule has 2 aromatic rings. The minimum atomic E-state index is -0.187. The Labute approximate surface area is 118 Å². The second-order valence-electron chi connectivity index (χ2n) is 5.48. The molecule has 3 heteroatoms. The van der Waals surface area contributed by atoms with E-state index in [1.54, 1.807) is 6.07 Å². The predicted molar refractivity (Wildman–Crippen MR) is 79.1 cm³/mol. The largest absolute Gasteiger partial charge is 0.275 e. The number of benzene rings is 2. The van der Waals surface area contributed by atoms with Crippen LogP contribution in [0.2, 0.25) is 0 Å². The van der Waals surface area contributed by atoms with Crippen molar-refractivity contribution < 1.29 is 9.59 Å². The molecule has 0 radical (unpaired) electrons. The van der Waals surface area contributed by atoms with E-state index >= 15 is 0 Å². The number of amides is 2. The van der Waals surface area contributed by atoms with Crippen molar-refractivity contribution in [1.82, 2.24) is 4.90 Å². The Balaban J connectivity index is 2.40. The molecule has 0 saturated heterocycles. The molecule has 1 aliphatic rings. The third kappa shape index (κ3) is 1.66. The quantitative estimate of drug-likeness (QED) is 0.780. The molecule has 0 saturated carbocycles. The van der Waals surface area contributed by atoms with Crippen molar-refractivity contribution >= 4 is 22.6 Å². The average Bonchev–Trinajstić information content (AvgIpc) is 2.44. The van der Waals surface area contributed by atoms with E-state index in [-0.39, 0.29) is 11.8 Å². The number of nitrogens with zero attached hydrogens (tertiary/aromatic N) is 1. The van der Waals surface area contributed by atoms with E-state index in [2.05, 4.69) is 19.9 Å². The molecule has 20 heavy (non-hydrogen) atoms. The second-order valence-corrected chi connectivity index (χ2v) is 5.48. The van der Waals surface area contributed by atoms with E-state index in [1.165, 1.54) is 4.90 Å². The van der Waals surface area contributed by atoms with Gasteiger partial charge in [-0.25, -0.2) is 0 Å². The Bertz CT molecular complexity index is 731. The molecule has 0 aromatic heterocycles. The summed E-state index contributed by atoms with van der Waals surface area (Å²) in [7, 11) is 0. The molecule has 0 fully saturated rings. The summed E-state index contributed by atoms with van der Waals surface area (Å²) in [5.74, 6) is -0.0172. The normalized spacial score (nSPS) is 14.5. The van der Waals surface area contributed by atoms with Gasteiger partial charge in [0.15, 0.2) is 0 Å². The maximum Gasteiger partial charge on any atom is 0.261 e. The Morgan fingerprint density at radius 2 is 1.75 bits per heavy atom. The first-order valence-electron chi connectivity index (χ1n) is 6.97. The fourth-order valence-electron chi connectivity index (χ4n) is 2.80. The van der Waals surface area contributed by atoms with Gasteiger partial charge >= 0.3 is 0 Å². The standard InChI is InChI=1S/C17H17NO2/c1-4-18-16(19)13-7-5-6-11-8-12(10(2)3)9-14(15(11)13)17(18)20/h5-10H,4H2,1-3H3. The molecule has 1 heterocycles. The van der Waals surface area contributed by atoms with Gasteiger partial charge in [0.05, 0.1) is 0 Å². The van der Waals surface area contributed by atoms with Crippen LogP contribution < -0.4 is 0 Å². The van der Waals surface area contributed by atoms with Crippen molar-refractivity contribution in [2.24, 2.45) is 0 Å². The van der Waals surface area contributed by atoms with Gasteiger partial charge in [0.25, 0.3) is 11.8 Å². The second kappa shape index (κ2) is 4.44. The third-order valence-electron chi connectivity index (χ3n) is 3.93. The molecule has 0 spiro atoms. The van der Waals surface area contributed by atoms with Crippen LogP contribution in [0.25, 0.3) is 10.8 Å². The SMILES string of the molecule is CCN1C(=O)c2cccc3cc(C(C)C)cc(c23)C1=O. The van der Waals surface area contributed by atoms with Crippen LogP contribution in [0, 0.1) is 0 Å². The van der Waals surface area contributed by atoms with Crippen molar-refractivity contribution in [3.05, 3.63) is 47.0 Å². The zero-order valence-electron chi connectivity index (χ0n) is 11.9. The van der Waals surface area contributed by atoms with Crippen molar-refractivity contribution in [3.8, 4) is 0 Å². The Morgan fingerprint density at radius 1 is 1.05 bits per heavy atom. The molecule has 2 aromatic carbocycles. The van der Waals surface area contributed by atoms with Gasteiger partial charge in [0.2, 0.25) is 0 Å². The lowest BCUT2D eigenvalue weighted by Crippen LogP contribution is -2.40. The highest BCUT2D eigenvalue weighted by atomic mass is 16.2. The summed E-state index contributed by atoms with van der Waals surface area (Å²) in [5.41, 5.74) is 2.42. The maximum absolute atomic E-state index is 12.5. The zero-order valence-corrected chi connectivity index (χ0v) is 11.9. The molecule has 0 N–H and O–H groups in total. The summed E-state index contributed by atoms with van der Waals surface area (Å²) in [6, 6.07) is 9.67. The van der Waals surface area contributed by atoms with E-state index in [4.69, 9.17) is 0 Å². The van der Waals surface area contributed by atoms with Gasteiger partial charge in [0, 0.05) is 23.1 Å². The van der Waals surface area contributed by atoms with Crippen LogP contribution in [0.15, 0.2) is 30.3 Å². The van der Waals surface area contributed by atoms with Gasteiger partial charge < -0.3 is 0 Å². The number of hydrogen-bond donors (Lipinski definition) is 0. The summed E-state index contributed by atoms with van der Waals surface area (Å²) in [5, 5.41) is 1.78. The Hall–Kier alpha value is -2.16. The van der Waals surface area contributed by atoms with Gasteiger partial charge in [-0.3, -0.25) is 14.5 Å². The highest BCUT2D eigenvalue weighted by Crippen LogP contribution is 2.32. The summed E-state index contributed by atoms with van der Waals surface area (Å²) < 4.78 is 0. The number of carbonyl (C=O) groups excluding carboxylic acids is 2. The molecule has 3 nitrogen and oxygen atoms in total. The first-order valence-corrected chi connectivity index (χ1v) is 6.97. The van der Waals surface area contributed by atoms with Crippen LogP contribution in [0.5, 0.6) is 0 Å². The fraction of sp³-hybridized carbons (Fsp3) is 0.294. The molecular formula is C17H17NO2. The fourth-order valence-corrected chi connectivity index (χ4v) is 2.80. The molecule has 102 valence electrons. The van der Waals surface area contributed by atoms with Crippen LogP contribution in [-0.4, -0.2) is 23.3 Å². The summed E-state index contributed by atoms with van der Waals surface area (Å²) >= 11 is 0. The van der Waals surface area contributed by atoms with E-state index in [9.17, 15) is 9.59 Å². The van der Waals surface area contributed by atoms with E-state index in [1.807, 2.05) is 25.1 Å². The molecule has 1 aliphatic heterocycles. The van der Waals surface area contributed by atoms with Crippen LogP contribution in [-0.2, 0) is 0 Å². The molecule has 0 aliphatic carbocycles. The summed E-state index contributed by atoms with van der Waals surface area (Å²) in [6.07, 6.45) is 0. The monoisotopic (exact) mass is 267 g/mol. The van der Waals surface area contributed by atoms with Crippen LogP contribution >= 0.6 is 0 Å². The van der Waals surface area contributed by atoms with Gasteiger partial charge in [-0.05, 0) is 35.9 Å². The molecular weight excluding hydrogens is 250 g/mol. The number of hydrogen-bond acceptors (Lipinski definition) is 2. The van der Waals surface area contributed by atoms with E-state index in [0.29, 0.717) is 23.6 Å². The molecule has 2 amide bonds. The third-order valence-corrected chi connectivity index (χ3v) is 3.93. The lowest BCUT2D eigenvalue weighted by Gasteiger charge is -2.27. The molecule has 0 unspecified atom stereocenters. The number of carbonyl (C=O) groups is 2. The molecule has 3 rings (SSSR count). The maximum atomic E-state index is 12.5. The van der Waals surface area contributed by atoms with Gasteiger partial charge in [-0.2, -0.15) is 0 Å². The Morgan fingerprint density at radius 3 is 2.40 bits per heavy atom. The van der Waals surface area contributed by atoms with Gasteiger partial charge in [0.1, 0.15) is 0 Å². The summed E-state index contributed by atoms with van der Waals surface area (Å²) in [6.45, 7) is 6.44. The van der Waals surface area contributed by atoms with Crippen molar-refractivity contribution in [3.63, 3.8) is 0 Å². The van der Waals surface area contributed by atoms with E-state index < -0.39 is 0 Å². The van der Waals surface area contributed by atoms with Gasteiger partial charge in [-0.15, -0.1) is 0 Å². The van der Waals surface area contributed by atoms with Gasteiger partial charge in [-0.1, -0.05) is 32.0 Å². The number of rotatable bonds is 2. The lowest BCUT2D eigenvalue weighted by molar-refractivity contribution is 0.0619. The minimum Gasteiger partial charge on any atom is -0.275 e. The Kier molecular flexibility index (Phi) is 2.85. The first kappa shape index (κ1) is 12.9. The number of imide groups is 1. The minimum absolute atomic E-state index is 0.177. The highest BCUT2D eigenvalue weighted by Gasteiger charge is 2.31. The molecule has 0 bridgehead atoms. The zero-order chi connectivity index (χ0) is 14.4. The lowest BCUT2D eigenvalue weighted by atomic mass is 9.89. The predicted octanol–water partition coefficient (Wildman–Crippen LogP) is 3.58. The summed E-state index contributed by atoms with van der Waals surface area (Å²) in [4.78, 5) is 26.2. The van der Waals surface area contributed by atoms with Crippen LogP contribution in [0.1, 0.15) is 53.0 Å². The topological polar surface area (TPSA) is 37.4 Å². The van der Waals surface area contributed by atoms with Crippen LogP contribution in [0.3, 0.4) is 0 Å². The average molecular weight is 267 g/mol. The first-order chi connectivity index (χ1) is 9.54. The van der Waals surface area contributed by atoms with E-state index in [0.717, 1.165) is 16.3 Å². The van der Waals surface area contributed by atoms with Crippen LogP contribution in [0.4, 0.5) is 0 Å². The highest BCUT2D eigenvalue weighted by molar-refractivity contribution is 6.25. The van der Waals surface area contributed by atoms with Crippen molar-refractivity contribution in [2.45, 2.75) is 26.7 Å². The van der Waals surface area contributed by atoms with Crippen molar-refractivity contribution in [1.29, 1.82) is 0 Å². The molecule has 0 atom stereocenters. The van der Waals surface area contributed by atoms with Crippen molar-refractivity contribution in [2.75, 3.05) is 6.54 Å². The smallest absolute Gasteiger partial charge is 0.261 e.